The molecule has 0 radical (unpaired) electrons. The number of halogens is 1. The Morgan fingerprint density at radius 2 is 1.71 bits per heavy atom. The summed E-state index contributed by atoms with van der Waals surface area (Å²) < 4.78 is 17.7. The van der Waals surface area contributed by atoms with E-state index in [1.54, 1.807) is 7.11 Å². The molecule has 2 aromatic carbocycles. The van der Waals surface area contributed by atoms with Crippen LogP contribution in [0.1, 0.15) is 57.3 Å². The smallest absolute Gasteiger partial charge is 0.306 e. The SMILES string of the molecule is C#CCC[C@@H](CC(=O)OCc1ccc(OC)cc1)[C@H](O[Si](C)(C)C(C)(C)C)c1ccc(Cl)cc1. The Balaban J connectivity index is 2.24. The maximum Gasteiger partial charge on any atom is 0.306 e. The third kappa shape index (κ3) is 8.20. The molecule has 0 fully saturated rings. The largest absolute Gasteiger partial charge is 0.497 e. The van der Waals surface area contributed by atoms with E-state index in [1.807, 2.05) is 48.5 Å². The molecule has 0 saturated carbocycles. The summed E-state index contributed by atoms with van der Waals surface area (Å²) in [6.45, 7) is 11.3. The molecule has 2 aromatic rings. The van der Waals surface area contributed by atoms with E-state index in [0.717, 1.165) is 16.9 Å². The molecule has 4 nitrogen and oxygen atoms in total. The predicted molar refractivity (Wildman–Crippen MR) is 141 cm³/mol. The molecule has 2 rings (SSSR count). The molecular formula is C28H37ClO4Si. The van der Waals surface area contributed by atoms with Crippen molar-refractivity contribution in [1.29, 1.82) is 0 Å². The van der Waals surface area contributed by atoms with Crippen LogP contribution in [0.4, 0.5) is 0 Å². The summed E-state index contributed by atoms with van der Waals surface area (Å²) >= 11 is 6.15. The molecule has 0 aliphatic rings. The van der Waals surface area contributed by atoms with E-state index in [2.05, 4.69) is 39.8 Å². The monoisotopic (exact) mass is 500 g/mol. The minimum atomic E-state index is -2.15. The van der Waals surface area contributed by atoms with Crippen LogP contribution in [-0.2, 0) is 20.6 Å². The molecule has 0 N–H and O–H groups in total. The first-order valence-corrected chi connectivity index (χ1v) is 14.9. The molecule has 0 aliphatic carbocycles. The lowest BCUT2D eigenvalue weighted by Gasteiger charge is -2.41. The molecule has 0 aliphatic heterocycles. The number of carbonyl (C=O) groups is 1. The number of ether oxygens (including phenoxy) is 2. The topological polar surface area (TPSA) is 44.8 Å². The highest BCUT2D eigenvalue weighted by atomic mass is 35.5. The van der Waals surface area contributed by atoms with E-state index in [-0.39, 0.29) is 36.1 Å². The van der Waals surface area contributed by atoms with E-state index < -0.39 is 8.32 Å². The lowest BCUT2D eigenvalue weighted by atomic mass is 9.89. The van der Waals surface area contributed by atoms with Gasteiger partial charge in [0.25, 0.3) is 0 Å². The molecule has 0 amide bonds. The van der Waals surface area contributed by atoms with Crippen molar-refractivity contribution in [2.45, 2.75) is 70.9 Å². The Morgan fingerprint density at radius 1 is 1.09 bits per heavy atom. The van der Waals surface area contributed by atoms with Gasteiger partial charge in [0, 0.05) is 11.4 Å². The van der Waals surface area contributed by atoms with Gasteiger partial charge < -0.3 is 13.9 Å². The van der Waals surface area contributed by atoms with Crippen LogP contribution in [0.5, 0.6) is 5.75 Å². The lowest BCUT2D eigenvalue weighted by molar-refractivity contribution is -0.147. The Bertz CT molecular complexity index is 956. The first-order chi connectivity index (χ1) is 16.0. The summed E-state index contributed by atoms with van der Waals surface area (Å²) in [7, 11) is -0.527. The van der Waals surface area contributed by atoms with Crippen molar-refractivity contribution in [3.63, 3.8) is 0 Å². The molecule has 34 heavy (non-hydrogen) atoms. The zero-order valence-corrected chi connectivity index (χ0v) is 22.9. The third-order valence-electron chi connectivity index (χ3n) is 6.50. The summed E-state index contributed by atoms with van der Waals surface area (Å²) in [4.78, 5) is 12.9. The highest BCUT2D eigenvalue weighted by Gasteiger charge is 2.41. The average Bonchev–Trinajstić information content (AvgIpc) is 2.79. The zero-order chi connectivity index (χ0) is 25.4. The molecular weight excluding hydrogens is 464 g/mol. The normalized spacial score (nSPS) is 13.6. The minimum Gasteiger partial charge on any atom is -0.497 e. The summed E-state index contributed by atoms with van der Waals surface area (Å²) in [5, 5.41) is 0.678. The summed E-state index contributed by atoms with van der Waals surface area (Å²) in [5.41, 5.74) is 1.90. The number of hydrogen-bond acceptors (Lipinski definition) is 4. The summed E-state index contributed by atoms with van der Waals surface area (Å²) in [6, 6.07) is 15.2. The van der Waals surface area contributed by atoms with Gasteiger partial charge in [-0.05, 0) is 65.9 Å². The van der Waals surface area contributed by atoms with E-state index in [1.165, 1.54) is 0 Å². The van der Waals surface area contributed by atoms with Gasteiger partial charge in [-0.2, -0.15) is 0 Å². The fourth-order valence-electron chi connectivity index (χ4n) is 3.37. The van der Waals surface area contributed by atoms with Gasteiger partial charge >= 0.3 is 5.97 Å². The van der Waals surface area contributed by atoms with Crippen molar-refractivity contribution < 1.29 is 18.7 Å². The first kappa shape index (κ1) is 28.0. The van der Waals surface area contributed by atoms with Crippen molar-refractivity contribution in [2.75, 3.05) is 7.11 Å². The predicted octanol–water partition coefficient (Wildman–Crippen LogP) is 7.57. The highest BCUT2D eigenvalue weighted by Crippen LogP contribution is 2.43. The molecule has 2 atom stereocenters. The number of methoxy groups -OCH3 is 1. The Kier molecular flexibility index (Phi) is 10.2. The number of carbonyl (C=O) groups excluding carboxylic acids is 1. The highest BCUT2D eigenvalue weighted by molar-refractivity contribution is 6.74. The molecule has 0 bridgehead atoms. The van der Waals surface area contributed by atoms with Crippen molar-refractivity contribution in [1.82, 2.24) is 0 Å². The van der Waals surface area contributed by atoms with Crippen LogP contribution >= 0.6 is 11.6 Å². The minimum absolute atomic E-state index is 0.0171. The van der Waals surface area contributed by atoms with Gasteiger partial charge in [0.15, 0.2) is 8.32 Å². The van der Waals surface area contributed by atoms with Gasteiger partial charge in [0.2, 0.25) is 0 Å². The number of rotatable bonds is 11. The average molecular weight is 501 g/mol. The van der Waals surface area contributed by atoms with E-state index in [9.17, 15) is 4.79 Å². The molecule has 0 aromatic heterocycles. The first-order valence-electron chi connectivity index (χ1n) is 11.6. The van der Waals surface area contributed by atoms with Gasteiger partial charge in [-0.25, -0.2) is 0 Å². The second kappa shape index (κ2) is 12.4. The van der Waals surface area contributed by atoms with Crippen molar-refractivity contribution >= 4 is 25.9 Å². The van der Waals surface area contributed by atoms with Crippen LogP contribution in [0.3, 0.4) is 0 Å². The Labute approximate surface area is 211 Å². The van der Waals surface area contributed by atoms with Crippen LogP contribution in [0.2, 0.25) is 23.2 Å². The molecule has 0 spiro atoms. The van der Waals surface area contributed by atoms with Gasteiger partial charge in [-0.15, -0.1) is 12.3 Å². The second-order valence-corrected chi connectivity index (χ2v) is 15.3. The van der Waals surface area contributed by atoms with Crippen LogP contribution in [0, 0.1) is 18.3 Å². The third-order valence-corrected chi connectivity index (χ3v) is 11.2. The van der Waals surface area contributed by atoms with Crippen LogP contribution < -0.4 is 4.74 Å². The fourth-order valence-corrected chi connectivity index (χ4v) is 4.81. The maximum atomic E-state index is 12.9. The van der Waals surface area contributed by atoms with Crippen LogP contribution in [0.15, 0.2) is 48.5 Å². The Hall–Kier alpha value is -2.26. The van der Waals surface area contributed by atoms with Gasteiger partial charge in [-0.1, -0.05) is 56.6 Å². The van der Waals surface area contributed by atoms with Crippen molar-refractivity contribution in [3.05, 3.63) is 64.7 Å². The van der Waals surface area contributed by atoms with E-state index in [0.29, 0.717) is 17.9 Å². The number of terminal acetylenes is 1. The molecule has 0 unspecified atom stereocenters. The molecule has 0 heterocycles. The summed E-state index contributed by atoms with van der Waals surface area (Å²) in [6.07, 6.45) is 6.76. The van der Waals surface area contributed by atoms with Crippen LogP contribution in [0.25, 0.3) is 0 Å². The fraction of sp³-hybridized carbons (Fsp3) is 0.464. The van der Waals surface area contributed by atoms with E-state index in [4.69, 9.17) is 31.9 Å². The number of hydrogen-bond donors (Lipinski definition) is 0. The van der Waals surface area contributed by atoms with Gasteiger partial charge in [-0.3, -0.25) is 4.79 Å². The van der Waals surface area contributed by atoms with Crippen molar-refractivity contribution in [2.24, 2.45) is 5.92 Å². The zero-order valence-electron chi connectivity index (χ0n) is 21.2. The van der Waals surface area contributed by atoms with Crippen LogP contribution in [-0.4, -0.2) is 21.4 Å². The molecule has 0 saturated heterocycles. The summed E-state index contributed by atoms with van der Waals surface area (Å²) in [5.74, 6) is 3.10. The quantitative estimate of drug-likeness (QED) is 0.181. The standard InChI is InChI=1S/C28H37ClO4Si/c1-8-9-10-23(19-26(30)32-20-21-11-17-25(31-5)18-12-21)27(22-13-15-24(29)16-14-22)33-34(6,7)28(2,3)4/h1,11-18,23,27H,9-10,19-20H2,2-7H3/t23-,27+/m0/s1. The van der Waals surface area contributed by atoms with E-state index >= 15 is 0 Å². The maximum absolute atomic E-state index is 12.9. The molecule has 184 valence electrons. The molecule has 6 heteroatoms. The second-order valence-electron chi connectivity index (χ2n) is 10.1. The number of benzene rings is 2. The Morgan fingerprint density at radius 3 is 2.24 bits per heavy atom. The lowest BCUT2D eigenvalue weighted by Crippen LogP contribution is -2.43. The van der Waals surface area contributed by atoms with Gasteiger partial charge in [0.1, 0.15) is 12.4 Å². The van der Waals surface area contributed by atoms with Gasteiger partial charge in [0.05, 0.1) is 19.6 Å². The van der Waals surface area contributed by atoms with Crippen molar-refractivity contribution in [3.8, 4) is 18.1 Å². The number of esters is 1.